The Morgan fingerprint density at radius 1 is 1.10 bits per heavy atom. The molecule has 0 radical (unpaired) electrons. The maximum Gasteiger partial charge on any atom is 0.410 e. The van der Waals surface area contributed by atoms with Crippen molar-refractivity contribution in [3.05, 3.63) is 35.9 Å². The predicted octanol–water partition coefficient (Wildman–Crippen LogP) is 3.61. The summed E-state index contributed by atoms with van der Waals surface area (Å²) in [6, 6.07) is 9.24. The first-order chi connectivity index (χ1) is 14.1. The van der Waals surface area contributed by atoms with E-state index in [1.54, 1.807) is 16.7 Å². The minimum absolute atomic E-state index is 0.00120. The SMILES string of the molecule is CCOC(=O)CN(C(=O)C(C)(C)C)[C@H]1CC[C@@H](C)N(C(=O)OCc2ccccc2)C1. The maximum atomic E-state index is 13.1. The lowest BCUT2D eigenvalue weighted by Crippen LogP contribution is -2.57. The van der Waals surface area contributed by atoms with Gasteiger partial charge in [-0.05, 0) is 32.3 Å². The molecule has 0 bridgehead atoms. The van der Waals surface area contributed by atoms with Crippen molar-refractivity contribution in [3.63, 3.8) is 0 Å². The van der Waals surface area contributed by atoms with Crippen molar-refractivity contribution in [2.75, 3.05) is 19.7 Å². The van der Waals surface area contributed by atoms with Crippen LogP contribution in [-0.2, 0) is 25.7 Å². The molecule has 0 aliphatic carbocycles. The largest absolute Gasteiger partial charge is 0.465 e. The van der Waals surface area contributed by atoms with Gasteiger partial charge in [-0.1, -0.05) is 51.1 Å². The van der Waals surface area contributed by atoms with Gasteiger partial charge in [0.25, 0.3) is 0 Å². The van der Waals surface area contributed by atoms with E-state index < -0.39 is 17.5 Å². The number of hydrogen-bond donors (Lipinski definition) is 0. The molecule has 0 unspecified atom stereocenters. The summed E-state index contributed by atoms with van der Waals surface area (Å²) >= 11 is 0. The van der Waals surface area contributed by atoms with Gasteiger partial charge in [0, 0.05) is 18.0 Å². The van der Waals surface area contributed by atoms with Gasteiger partial charge in [-0.3, -0.25) is 9.59 Å². The highest BCUT2D eigenvalue weighted by Crippen LogP contribution is 2.26. The third-order valence-electron chi connectivity index (χ3n) is 5.24. The van der Waals surface area contributed by atoms with Crippen molar-refractivity contribution in [2.24, 2.45) is 5.41 Å². The van der Waals surface area contributed by atoms with Gasteiger partial charge < -0.3 is 19.3 Å². The van der Waals surface area contributed by atoms with Crippen LogP contribution in [0.25, 0.3) is 0 Å². The number of rotatable bonds is 6. The van der Waals surface area contributed by atoms with E-state index in [1.807, 2.05) is 58.0 Å². The molecule has 2 atom stereocenters. The highest BCUT2D eigenvalue weighted by molar-refractivity contribution is 5.86. The summed E-state index contributed by atoms with van der Waals surface area (Å²) in [5.74, 6) is -0.570. The number of ether oxygens (including phenoxy) is 2. The van der Waals surface area contributed by atoms with Crippen LogP contribution < -0.4 is 0 Å². The number of amides is 2. The molecule has 2 amide bonds. The second-order valence-corrected chi connectivity index (χ2v) is 8.76. The van der Waals surface area contributed by atoms with Crippen LogP contribution in [-0.4, -0.2) is 59.5 Å². The van der Waals surface area contributed by atoms with Crippen molar-refractivity contribution >= 4 is 18.0 Å². The fourth-order valence-corrected chi connectivity index (χ4v) is 3.54. The summed E-state index contributed by atoms with van der Waals surface area (Å²) in [5.41, 5.74) is 0.271. The first-order valence-electron chi connectivity index (χ1n) is 10.6. The van der Waals surface area contributed by atoms with Gasteiger partial charge in [-0.15, -0.1) is 0 Å². The number of nitrogens with zero attached hydrogens (tertiary/aromatic N) is 2. The van der Waals surface area contributed by atoms with Crippen LogP contribution in [0.2, 0.25) is 0 Å². The van der Waals surface area contributed by atoms with Crippen LogP contribution >= 0.6 is 0 Å². The molecule has 1 heterocycles. The van der Waals surface area contributed by atoms with Gasteiger partial charge in [0.15, 0.2) is 0 Å². The minimum atomic E-state index is -0.645. The molecule has 1 aromatic rings. The van der Waals surface area contributed by atoms with Crippen molar-refractivity contribution in [2.45, 2.75) is 66.2 Å². The number of carbonyl (C=O) groups is 3. The molecule has 1 aliphatic rings. The highest BCUT2D eigenvalue weighted by Gasteiger charge is 2.38. The van der Waals surface area contributed by atoms with Gasteiger partial charge in [-0.25, -0.2) is 4.79 Å². The molecule has 7 heteroatoms. The monoisotopic (exact) mass is 418 g/mol. The Morgan fingerprint density at radius 3 is 2.37 bits per heavy atom. The average Bonchev–Trinajstić information content (AvgIpc) is 2.70. The van der Waals surface area contributed by atoms with E-state index in [0.717, 1.165) is 12.0 Å². The number of hydrogen-bond acceptors (Lipinski definition) is 5. The van der Waals surface area contributed by atoms with Crippen LogP contribution in [0.4, 0.5) is 4.79 Å². The van der Waals surface area contributed by atoms with Gasteiger partial charge in [0.05, 0.1) is 12.6 Å². The van der Waals surface area contributed by atoms with E-state index in [9.17, 15) is 14.4 Å². The predicted molar refractivity (Wildman–Crippen MR) is 114 cm³/mol. The normalized spacial score (nSPS) is 19.2. The topological polar surface area (TPSA) is 76.2 Å². The number of benzene rings is 1. The molecule has 7 nitrogen and oxygen atoms in total. The van der Waals surface area contributed by atoms with E-state index in [-0.39, 0.29) is 37.7 Å². The van der Waals surface area contributed by atoms with Gasteiger partial charge in [0.1, 0.15) is 13.2 Å². The summed E-state index contributed by atoms with van der Waals surface area (Å²) < 4.78 is 10.6. The zero-order chi connectivity index (χ0) is 22.3. The number of esters is 1. The van der Waals surface area contributed by atoms with Crippen LogP contribution in [0.15, 0.2) is 30.3 Å². The number of carbonyl (C=O) groups excluding carboxylic acids is 3. The zero-order valence-corrected chi connectivity index (χ0v) is 18.7. The van der Waals surface area contributed by atoms with E-state index >= 15 is 0 Å². The smallest absolute Gasteiger partial charge is 0.410 e. The van der Waals surface area contributed by atoms with Crippen LogP contribution in [0.3, 0.4) is 0 Å². The second-order valence-electron chi connectivity index (χ2n) is 8.76. The third-order valence-corrected chi connectivity index (χ3v) is 5.24. The van der Waals surface area contributed by atoms with Gasteiger partial charge in [-0.2, -0.15) is 0 Å². The molecule has 0 saturated carbocycles. The average molecular weight is 419 g/mol. The zero-order valence-electron chi connectivity index (χ0n) is 18.7. The Labute approximate surface area is 179 Å². The molecule has 2 rings (SSSR count). The first-order valence-corrected chi connectivity index (χ1v) is 10.6. The Bertz CT molecular complexity index is 729. The van der Waals surface area contributed by atoms with Crippen molar-refractivity contribution < 1.29 is 23.9 Å². The second kappa shape index (κ2) is 10.5. The Hall–Kier alpha value is -2.57. The lowest BCUT2D eigenvalue weighted by molar-refractivity contribution is -0.154. The Morgan fingerprint density at radius 2 is 1.77 bits per heavy atom. The molecule has 1 saturated heterocycles. The maximum absolute atomic E-state index is 13.1. The van der Waals surface area contributed by atoms with Crippen LogP contribution in [0.5, 0.6) is 0 Å². The van der Waals surface area contributed by atoms with Crippen molar-refractivity contribution in [1.82, 2.24) is 9.80 Å². The lowest BCUT2D eigenvalue weighted by atomic mass is 9.91. The standard InChI is InChI=1S/C23H34N2O5/c1-6-29-20(26)15-25(21(27)23(3,4)5)19-13-12-17(2)24(14-19)22(28)30-16-18-10-8-7-9-11-18/h7-11,17,19H,6,12-16H2,1-5H3/t17-,19+/m1/s1. The molecular weight excluding hydrogens is 384 g/mol. The van der Waals surface area contributed by atoms with Gasteiger partial charge in [0.2, 0.25) is 5.91 Å². The molecule has 30 heavy (non-hydrogen) atoms. The summed E-state index contributed by atoms with van der Waals surface area (Å²) in [6.45, 7) is 9.85. The Balaban J connectivity index is 2.10. The van der Waals surface area contributed by atoms with Crippen LogP contribution in [0.1, 0.15) is 53.0 Å². The van der Waals surface area contributed by atoms with Crippen molar-refractivity contribution in [3.8, 4) is 0 Å². The lowest BCUT2D eigenvalue weighted by Gasteiger charge is -2.43. The molecule has 0 aromatic heterocycles. The number of likely N-dealkylation sites (tertiary alicyclic amines) is 1. The fraction of sp³-hybridized carbons (Fsp3) is 0.609. The third kappa shape index (κ3) is 6.47. The highest BCUT2D eigenvalue weighted by atomic mass is 16.6. The molecule has 1 aliphatic heterocycles. The minimum Gasteiger partial charge on any atom is -0.465 e. The first kappa shape index (κ1) is 23.7. The summed E-state index contributed by atoms with van der Waals surface area (Å²) in [6.07, 6.45) is 1.03. The molecular formula is C23H34N2O5. The summed E-state index contributed by atoms with van der Waals surface area (Å²) in [7, 11) is 0. The molecule has 1 fully saturated rings. The molecule has 0 spiro atoms. The molecule has 0 N–H and O–H groups in total. The summed E-state index contributed by atoms with van der Waals surface area (Å²) in [5, 5.41) is 0. The van der Waals surface area contributed by atoms with Crippen molar-refractivity contribution in [1.29, 1.82) is 0 Å². The van der Waals surface area contributed by atoms with E-state index in [2.05, 4.69) is 0 Å². The molecule has 1 aromatic carbocycles. The Kier molecular flexibility index (Phi) is 8.26. The number of piperidine rings is 1. The van der Waals surface area contributed by atoms with E-state index in [1.165, 1.54) is 0 Å². The summed E-state index contributed by atoms with van der Waals surface area (Å²) in [4.78, 5) is 41.2. The van der Waals surface area contributed by atoms with E-state index in [4.69, 9.17) is 9.47 Å². The quantitative estimate of drug-likeness (QED) is 0.660. The molecule has 166 valence electrons. The van der Waals surface area contributed by atoms with E-state index in [0.29, 0.717) is 13.0 Å². The van der Waals surface area contributed by atoms with Gasteiger partial charge >= 0.3 is 12.1 Å². The fourth-order valence-electron chi connectivity index (χ4n) is 3.54. The van der Waals surface area contributed by atoms with Crippen LogP contribution in [0, 0.1) is 5.41 Å².